The predicted octanol–water partition coefficient (Wildman–Crippen LogP) is 1.28. The Labute approximate surface area is 117 Å². The van der Waals surface area contributed by atoms with Crippen molar-refractivity contribution < 1.29 is 9.26 Å². The van der Waals surface area contributed by atoms with Crippen LogP contribution in [0.1, 0.15) is 17.0 Å². The Morgan fingerprint density at radius 3 is 3.05 bits per heavy atom. The lowest BCUT2D eigenvalue weighted by atomic mass is 10.1. The number of aromatic nitrogens is 3. The summed E-state index contributed by atoms with van der Waals surface area (Å²) in [6.07, 6.45) is 2.49. The maximum Gasteiger partial charge on any atom is 0.228 e. The summed E-state index contributed by atoms with van der Waals surface area (Å²) in [5.41, 5.74) is 2.95. The molecule has 20 heavy (non-hydrogen) atoms. The van der Waals surface area contributed by atoms with Gasteiger partial charge < -0.3 is 14.6 Å². The molecule has 1 saturated heterocycles. The van der Waals surface area contributed by atoms with Gasteiger partial charge in [-0.25, -0.2) is 0 Å². The molecule has 3 heterocycles. The largest absolute Gasteiger partial charge is 0.378 e. The van der Waals surface area contributed by atoms with Gasteiger partial charge in [-0.05, 0) is 25.0 Å². The third-order valence-electron chi connectivity index (χ3n) is 3.31. The fourth-order valence-corrected chi connectivity index (χ4v) is 2.34. The molecule has 0 radical (unpaired) electrons. The van der Waals surface area contributed by atoms with Crippen molar-refractivity contribution in [2.75, 3.05) is 19.8 Å². The van der Waals surface area contributed by atoms with Crippen LogP contribution < -0.4 is 5.32 Å². The Morgan fingerprint density at radius 1 is 1.40 bits per heavy atom. The van der Waals surface area contributed by atoms with Gasteiger partial charge in [0.25, 0.3) is 0 Å². The van der Waals surface area contributed by atoms with Gasteiger partial charge in [-0.3, -0.25) is 4.98 Å². The molecule has 106 valence electrons. The molecule has 0 aliphatic carbocycles. The number of aryl methyl sites for hydroxylation is 2. The average molecular weight is 274 g/mol. The topological polar surface area (TPSA) is 73.1 Å². The van der Waals surface area contributed by atoms with Crippen LogP contribution in [-0.2, 0) is 11.2 Å². The minimum Gasteiger partial charge on any atom is -0.378 e. The summed E-state index contributed by atoms with van der Waals surface area (Å²) >= 11 is 0. The normalized spacial score (nSPS) is 19.2. The van der Waals surface area contributed by atoms with E-state index >= 15 is 0 Å². The quantitative estimate of drug-likeness (QED) is 0.909. The third-order valence-corrected chi connectivity index (χ3v) is 3.31. The van der Waals surface area contributed by atoms with E-state index in [-0.39, 0.29) is 6.04 Å². The molecular weight excluding hydrogens is 256 g/mol. The Kier molecular flexibility index (Phi) is 3.75. The first-order valence-corrected chi connectivity index (χ1v) is 6.79. The second-order valence-corrected chi connectivity index (χ2v) is 5.12. The number of pyridine rings is 1. The molecule has 6 nitrogen and oxygen atoms in total. The number of hydrogen-bond donors (Lipinski definition) is 1. The molecule has 1 aliphatic heterocycles. The Bertz CT molecular complexity index is 591. The maximum atomic E-state index is 5.41. The summed E-state index contributed by atoms with van der Waals surface area (Å²) in [4.78, 5) is 8.81. The summed E-state index contributed by atoms with van der Waals surface area (Å²) in [6.45, 7) is 6.32. The first-order chi connectivity index (χ1) is 9.72. The van der Waals surface area contributed by atoms with E-state index < -0.39 is 0 Å². The maximum absolute atomic E-state index is 5.41. The molecule has 2 aromatic heterocycles. The number of ether oxygens (including phenoxy) is 1. The molecule has 0 amide bonds. The molecular formula is C14H18N4O2. The molecule has 0 aromatic carbocycles. The van der Waals surface area contributed by atoms with E-state index in [4.69, 9.17) is 9.26 Å². The molecule has 0 spiro atoms. The van der Waals surface area contributed by atoms with Gasteiger partial charge in [0, 0.05) is 25.2 Å². The van der Waals surface area contributed by atoms with Crippen molar-refractivity contribution in [3.8, 4) is 11.5 Å². The first-order valence-electron chi connectivity index (χ1n) is 6.79. The van der Waals surface area contributed by atoms with Crippen molar-refractivity contribution in [2.45, 2.75) is 26.3 Å². The standard InChI is InChI=1S/C14H18N4O2/c1-9-5-10(2)13(16-7-9)14-17-12(20-18-14)6-11-8-19-4-3-15-11/h5,7,11,15H,3-4,6,8H2,1-2H3. The molecule has 1 atom stereocenters. The van der Waals surface area contributed by atoms with Crippen LogP contribution in [0.15, 0.2) is 16.8 Å². The SMILES string of the molecule is Cc1cnc(-c2noc(CC3COCCN3)n2)c(C)c1. The Morgan fingerprint density at radius 2 is 2.30 bits per heavy atom. The van der Waals surface area contributed by atoms with Gasteiger partial charge in [-0.1, -0.05) is 11.2 Å². The predicted molar refractivity (Wildman–Crippen MR) is 73.3 cm³/mol. The van der Waals surface area contributed by atoms with Gasteiger partial charge in [-0.15, -0.1) is 0 Å². The van der Waals surface area contributed by atoms with Crippen LogP contribution in [0.3, 0.4) is 0 Å². The van der Waals surface area contributed by atoms with E-state index in [2.05, 4.69) is 26.5 Å². The molecule has 1 aliphatic rings. The fraction of sp³-hybridized carbons (Fsp3) is 0.500. The molecule has 1 N–H and O–H groups in total. The zero-order valence-electron chi connectivity index (χ0n) is 11.7. The van der Waals surface area contributed by atoms with E-state index in [9.17, 15) is 0 Å². The number of nitrogens with zero attached hydrogens (tertiary/aromatic N) is 3. The van der Waals surface area contributed by atoms with Crippen molar-refractivity contribution in [1.82, 2.24) is 20.4 Å². The zero-order valence-corrected chi connectivity index (χ0v) is 11.7. The van der Waals surface area contributed by atoms with Crippen molar-refractivity contribution >= 4 is 0 Å². The van der Waals surface area contributed by atoms with Gasteiger partial charge in [0.1, 0.15) is 5.69 Å². The second-order valence-electron chi connectivity index (χ2n) is 5.12. The molecule has 1 fully saturated rings. The van der Waals surface area contributed by atoms with Gasteiger partial charge in [0.15, 0.2) is 0 Å². The summed E-state index contributed by atoms with van der Waals surface area (Å²) in [5, 5.41) is 7.39. The van der Waals surface area contributed by atoms with E-state index in [0.717, 1.165) is 30.0 Å². The highest BCUT2D eigenvalue weighted by molar-refractivity contribution is 5.53. The second kappa shape index (κ2) is 5.68. The van der Waals surface area contributed by atoms with Crippen molar-refractivity contribution in [1.29, 1.82) is 0 Å². The molecule has 2 aromatic rings. The summed E-state index contributed by atoms with van der Waals surface area (Å²) in [6, 6.07) is 2.30. The zero-order chi connectivity index (χ0) is 13.9. The molecule has 0 bridgehead atoms. The van der Waals surface area contributed by atoms with Crippen LogP contribution >= 0.6 is 0 Å². The van der Waals surface area contributed by atoms with Gasteiger partial charge in [-0.2, -0.15) is 4.98 Å². The highest BCUT2D eigenvalue weighted by Gasteiger charge is 2.18. The van der Waals surface area contributed by atoms with Gasteiger partial charge in [0.2, 0.25) is 11.7 Å². The van der Waals surface area contributed by atoms with E-state index in [0.29, 0.717) is 24.7 Å². The first kappa shape index (κ1) is 13.2. The number of hydrogen-bond acceptors (Lipinski definition) is 6. The highest BCUT2D eigenvalue weighted by atomic mass is 16.5. The monoisotopic (exact) mass is 274 g/mol. The van der Waals surface area contributed by atoms with Crippen LogP contribution in [0.25, 0.3) is 11.5 Å². The van der Waals surface area contributed by atoms with Crippen LogP contribution in [0.2, 0.25) is 0 Å². The third kappa shape index (κ3) is 2.86. The Hall–Kier alpha value is -1.79. The van der Waals surface area contributed by atoms with E-state index in [1.54, 1.807) is 0 Å². The lowest BCUT2D eigenvalue weighted by molar-refractivity contribution is 0.0744. The Balaban J connectivity index is 1.75. The van der Waals surface area contributed by atoms with E-state index in [1.807, 2.05) is 20.0 Å². The van der Waals surface area contributed by atoms with Crippen LogP contribution in [0.4, 0.5) is 0 Å². The number of rotatable bonds is 3. The molecule has 1 unspecified atom stereocenters. The number of morpholine rings is 1. The van der Waals surface area contributed by atoms with Crippen LogP contribution in [0.5, 0.6) is 0 Å². The number of nitrogens with one attached hydrogen (secondary N) is 1. The molecule has 3 rings (SSSR count). The van der Waals surface area contributed by atoms with Crippen LogP contribution in [-0.4, -0.2) is 40.9 Å². The fourth-order valence-electron chi connectivity index (χ4n) is 2.34. The van der Waals surface area contributed by atoms with Crippen molar-refractivity contribution in [3.05, 3.63) is 29.3 Å². The summed E-state index contributed by atoms with van der Waals surface area (Å²) in [7, 11) is 0. The highest BCUT2D eigenvalue weighted by Crippen LogP contribution is 2.19. The molecule has 6 heteroatoms. The minimum absolute atomic E-state index is 0.240. The lowest BCUT2D eigenvalue weighted by Gasteiger charge is -2.22. The lowest BCUT2D eigenvalue weighted by Crippen LogP contribution is -2.42. The van der Waals surface area contributed by atoms with Crippen LogP contribution in [0, 0.1) is 13.8 Å². The van der Waals surface area contributed by atoms with Gasteiger partial charge >= 0.3 is 0 Å². The summed E-state index contributed by atoms with van der Waals surface area (Å²) < 4.78 is 10.7. The smallest absolute Gasteiger partial charge is 0.228 e. The minimum atomic E-state index is 0.240. The average Bonchev–Trinajstić information content (AvgIpc) is 2.88. The van der Waals surface area contributed by atoms with Crippen molar-refractivity contribution in [2.24, 2.45) is 0 Å². The summed E-state index contributed by atoms with van der Waals surface area (Å²) in [5.74, 6) is 1.17. The molecule has 0 saturated carbocycles. The van der Waals surface area contributed by atoms with E-state index in [1.165, 1.54) is 0 Å². The van der Waals surface area contributed by atoms with Gasteiger partial charge in [0.05, 0.1) is 13.2 Å². The van der Waals surface area contributed by atoms with Crippen molar-refractivity contribution in [3.63, 3.8) is 0 Å².